The van der Waals surface area contributed by atoms with Gasteiger partial charge in [-0.1, -0.05) is 6.07 Å². The molecule has 0 aliphatic heterocycles. The third kappa shape index (κ3) is 2.22. The topological polar surface area (TPSA) is 33.6 Å². The average molecular weight is 291 g/mol. The van der Waals surface area contributed by atoms with Crippen LogP contribution in [0.5, 0.6) is 0 Å². The molecule has 3 aromatic rings. The SMILES string of the molecule is Cc1ccc(Cn2c(=S)[nH]c3c(F)cc(F)cc32)cn1. The van der Waals surface area contributed by atoms with Crippen molar-refractivity contribution in [2.75, 3.05) is 0 Å². The molecule has 20 heavy (non-hydrogen) atoms. The van der Waals surface area contributed by atoms with Crippen molar-refractivity contribution in [3.8, 4) is 0 Å². The van der Waals surface area contributed by atoms with Crippen molar-refractivity contribution in [1.82, 2.24) is 14.5 Å². The maximum absolute atomic E-state index is 13.7. The highest BCUT2D eigenvalue weighted by Gasteiger charge is 2.11. The van der Waals surface area contributed by atoms with Gasteiger partial charge in [-0.05, 0) is 36.8 Å². The zero-order valence-corrected chi connectivity index (χ0v) is 11.5. The smallest absolute Gasteiger partial charge is 0.178 e. The second kappa shape index (κ2) is 4.79. The van der Waals surface area contributed by atoms with Crippen molar-refractivity contribution in [3.05, 3.63) is 58.1 Å². The highest BCUT2D eigenvalue weighted by molar-refractivity contribution is 7.71. The molecule has 2 aromatic heterocycles. The van der Waals surface area contributed by atoms with Gasteiger partial charge in [0.1, 0.15) is 11.3 Å². The summed E-state index contributed by atoms with van der Waals surface area (Å²) in [7, 11) is 0. The van der Waals surface area contributed by atoms with E-state index in [0.717, 1.165) is 17.3 Å². The number of nitrogens with one attached hydrogen (secondary N) is 1. The van der Waals surface area contributed by atoms with E-state index in [4.69, 9.17) is 12.2 Å². The van der Waals surface area contributed by atoms with E-state index in [2.05, 4.69) is 9.97 Å². The van der Waals surface area contributed by atoms with Crippen LogP contribution in [0, 0.1) is 23.3 Å². The third-order valence-electron chi connectivity index (χ3n) is 3.12. The first kappa shape index (κ1) is 12.9. The molecule has 3 rings (SSSR count). The molecule has 0 aliphatic carbocycles. The van der Waals surface area contributed by atoms with Gasteiger partial charge in [0.15, 0.2) is 10.6 Å². The maximum Gasteiger partial charge on any atom is 0.178 e. The van der Waals surface area contributed by atoms with Crippen LogP contribution in [-0.4, -0.2) is 14.5 Å². The van der Waals surface area contributed by atoms with E-state index in [9.17, 15) is 8.78 Å². The molecule has 0 bridgehead atoms. The van der Waals surface area contributed by atoms with Gasteiger partial charge in [-0.3, -0.25) is 4.98 Å². The van der Waals surface area contributed by atoms with Crippen molar-refractivity contribution < 1.29 is 8.78 Å². The molecular weight excluding hydrogens is 280 g/mol. The first-order valence-electron chi connectivity index (χ1n) is 6.03. The normalized spacial score (nSPS) is 11.2. The lowest BCUT2D eigenvalue weighted by Gasteiger charge is -2.05. The van der Waals surface area contributed by atoms with Crippen LogP contribution in [0.15, 0.2) is 30.5 Å². The molecule has 1 N–H and O–H groups in total. The Labute approximate surface area is 118 Å². The van der Waals surface area contributed by atoms with Gasteiger partial charge in [-0.25, -0.2) is 8.78 Å². The summed E-state index contributed by atoms with van der Waals surface area (Å²) in [6.45, 7) is 2.31. The van der Waals surface area contributed by atoms with Gasteiger partial charge in [0.05, 0.1) is 12.1 Å². The lowest BCUT2D eigenvalue weighted by atomic mass is 10.2. The summed E-state index contributed by atoms with van der Waals surface area (Å²) < 4.78 is 29.1. The van der Waals surface area contributed by atoms with Gasteiger partial charge in [0.2, 0.25) is 0 Å². The van der Waals surface area contributed by atoms with Crippen LogP contribution in [0.2, 0.25) is 0 Å². The molecule has 1 aromatic carbocycles. The van der Waals surface area contributed by atoms with Crippen molar-refractivity contribution in [2.24, 2.45) is 0 Å². The van der Waals surface area contributed by atoms with Crippen molar-refractivity contribution in [2.45, 2.75) is 13.5 Å². The van der Waals surface area contributed by atoms with Crippen LogP contribution in [0.3, 0.4) is 0 Å². The zero-order valence-electron chi connectivity index (χ0n) is 10.7. The van der Waals surface area contributed by atoms with Crippen LogP contribution in [0.1, 0.15) is 11.3 Å². The number of benzene rings is 1. The Balaban J connectivity index is 2.13. The number of aromatic nitrogens is 3. The molecule has 0 unspecified atom stereocenters. The molecule has 102 valence electrons. The quantitative estimate of drug-likeness (QED) is 0.730. The predicted molar refractivity (Wildman–Crippen MR) is 75.1 cm³/mol. The number of pyridine rings is 1. The standard InChI is InChI=1S/C14H11F2N3S/c1-8-2-3-9(6-17-8)7-19-12-5-10(15)4-11(16)13(12)18-14(19)20/h2-6H,7H2,1H3,(H,18,20). The highest BCUT2D eigenvalue weighted by atomic mass is 32.1. The second-order valence-electron chi connectivity index (χ2n) is 4.61. The number of hydrogen-bond donors (Lipinski definition) is 1. The van der Waals surface area contributed by atoms with E-state index in [-0.39, 0.29) is 5.52 Å². The fourth-order valence-corrected chi connectivity index (χ4v) is 2.38. The molecular formula is C14H11F2N3S. The summed E-state index contributed by atoms with van der Waals surface area (Å²) in [5.74, 6) is -1.27. The average Bonchev–Trinajstić information content (AvgIpc) is 2.70. The minimum Gasteiger partial charge on any atom is -0.328 e. The summed E-state index contributed by atoms with van der Waals surface area (Å²) in [6.07, 6.45) is 1.73. The molecule has 0 atom stereocenters. The van der Waals surface area contributed by atoms with Crippen LogP contribution >= 0.6 is 12.2 Å². The number of rotatable bonds is 2. The Morgan fingerprint density at radius 1 is 1.30 bits per heavy atom. The van der Waals surface area contributed by atoms with Crippen LogP contribution < -0.4 is 0 Å². The Morgan fingerprint density at radius 2 is 2.10 bits per heavy atom. The molecule has 0 aliphatic rings. The summed E-state index contributed by atoms with van der Waals surface area (Å²) in [6, 6.07) is 5.91. The van der Waals surface area contributed by atoms with Gasteiger partial charge in [-0.15, -0.1) is 0 Å². The zero-order chi connectivity index (χ0) is 14.3. The molecule has 0 spiro atoms. The summed E-state index contributed by atoms with van der Waals surface area (Å²) >= 11 is 5.18. The van der Waals surface area contributed by atoms with E-state index < -0.39 is 11.6 Å². The minimum atomic E-state index is -0.646. The summed E-state index contributed by atoms with van der Waals surface area (Å²) in [4.78, 5) is 6.97. The molecule has 2 heterocycles. The predicted octanol–water partition coefficient (Wildman–Crippen LogP) is 3.73. The van der Waals surface area contributed by atoms with Gasteiger partial charge < -0.3 is 9.55 Å². The fourth-order valence-electron chi connectivity index (χ4n) is 2.11. The molecule has 0 amide bonds. The van der Waals surface area contributed by atoms with Gasteiger partial charge in [-0.2, -0.15) is 0 Å². The van der Waals surface area contributed by atoms with Crippen LogP contribution in [0.25, 0.3) is 11.0 Å². The molecule has 6 heteroatoms. The Kier molecular flexibility index (Phi) is 3.10. The fraction of sp³-hybridized carbons (Fsp3) is 0.143. The number of H-pyrrole nitrogens is 1. The third-order valence-corrected chi connectivity index (χ3v) is 3.44. The maximum atomic E-state index is 13.7. The van der Waals surface area contributed by atoms with Gasteiger partial charge in [0.25, 0.3) is 0 Å². The number of fused-ring (bicyclic) bond motifs is 1. The van der Waals surface area contributed by atoms with Crippen LogP contribution in [-0.2, 0) is 6.54 Å². The number of nitrogens with zero attached hydrogens (tertiary/aromatic N) is 2. The Hall–Kier alpha value is -2.08. The number of hydrogen-bond acceptors (Lipinski definition) is 2. The summed E-state index contributed by atoms with van der Waals surface area (Å²) in [5, 5.41) is 0. The highest BCUT2D eigenvalue weighted by Crippen LogP contribution is 2.20. The number of halogens is 2. The van der Waals surface area contributed by atoms with Gasteiger partial charge >= 0.3 is 0 Å². The molecule has 0 fully saturated rings. The number of aryl methyl sites for hydroxylation is 1. The molecule has 3 nitrogen and oxygen atoms in total. The van der Waals surface area contributed by atoms with E-state index in [1.807, 2.05) is 19.1 Å². The Bertz CT molecular complexity index is 834. The van der Waals surface area contributed by atoms with Gasteiger partial charge in [0, 0.05) is 18.0 Å². The molecule has 0 radical (unpaired) electrons. The monoisotopic (exact) mass is 291 g/mol. The second-order valence-corrected chi connectivity index (χ2v) is 4.99. The number of imidazole rings is 1. The lowest BCUT2D eigenvalue weighted by Crippen LogP contribution is -2.00. The van der Waals surface area contributed by atoms with E-state index in [1.54, 1.807) is 10.8 Å². The summed E-state index contributed by atoms with van der Waals surface area (Å²) in [5.41, 5.74) is 2.45. The van der Waals surface area contributed by atoms with Crippen molar-refractivity contribution in [1.29, 1.82) is 0 Å². The van der Waals surface area contributed by atoms with E-state index in [0.29, 0.717) is 16.8 Å². The van der Waals surface area contributed by atoms with Crippen molar-refractivity contribution in [3.63, 3.8) is 0 Å². The minimum absolute atomic E-state index is 0.219. The first-order valence-corrected chi connectivity index (χ1v) is 6.44. The van der Waals surface area contributed by atoms with E-state index in [1.165, 1.54) is 6.07 Å². The van der Waals surface area contributed by atoms with Crippen molar-refractivity contribution >= 4 is 23.3 Å². The molecule has 0 saturated heterocycles. The first-order chi connectivity index (χ1) is 9.54. The Morgan fingerprint density at radius 3 is 2.80 bits per heavy atom. The van der Waals surface area contributed by atoms with Crippen LogP contribution in [0.4, 0.5) is 8.78 Å². The number of aromatic amines is 1. The lowest BCUT2D eigenvalue weighted by molar-refractivity contribution is 0.590. The van der Waals surface area contributed by atoms with E-state index >= 15 is 0 Å². The largest absolute Gasteiger partial charge is 0.328 e. The molecule has 0 saturated carbocycles.